The fourth-order valence-electron chi connectivity index (χ4n) is 0.910. The molecule has 1 atom stereocenters. The van der Waals surface area contributed by atoms with E-state index >= 15 is 0 Å². The quantitative estimate of drug-likeness (QED) is 0.426. The fourth-order valence-corrected chi connectivity index (χ4v) is 3.97. The molecule has 0 radical (unpaired) electrons. The summed E-state index contributed by atoms with van der Waals surface area (Å²) in [6.45, 7) is 10.5. The van der Waals surface area contributed by atoms with Crippen LogP contribution in [0, 0.1) is 0 Å². The summed E-state index contributed by atoms with van der Waals surface area (Å²) in [5.74, 6) is 0. The van der Waals surface area contributed by atoms with Crippen molar-refractivity contribution in [2.24, 2.45) is 0 Å². The van der Waals surface area contributed by atoms with Gasteiger partial charge >= 0.3 is 9.28 Å². The SMILES string of the molecule is CC(C)O[SiH](OC(C)C)C(C)CI. The van der Waals surface area contributed by atoms with Crippen molar-refractivity contribution in [3.63, 3.8) is 0 Å². The molecule has 1 unspecified atom stereocenters. The molecule has 80 valence electrons. The maximum absolute atomic E-state index is 5.83. The molecule has 13 heavy (non-hydrogen) atoms. The van der Waals surface area contributed by atoms with Crippen LogP contribution in [0.3, 0.4) is 0 Å². The van der Waals surface area contributed by atoms with Crippen molar-refractivity contribution >= 4 is 31.9 Å². The van der Waals surface area contributed by atoms with Gasteiger partial charge in [0.1, 0.15) is 0 Å². The van der Waals surface area contributed by atoms with Crippen LogP contribution >= 0.6 is 22.6 Å². The lowest BCUT2D eigenvalue weighted by Gasteiger charge is -2.25. The van der Waals surface area contributed by atoms with E-state index in [0.717, 1.165) is 4.43 Å². The standard InChI is InChI=1S/C9H21IO2Si/c1-7(2)11-13(9(5)6-10)12-8(3)4/h7-9,13H,6H2,1-5H3. The van der Waals surface area contributed by atoms with Crippen LogP contribution in [0.1, 0.15) is 34.6 Å². The highest BCUT2D eigenvalue weighted by molar-refractivity contribution is 14.1. The Bertz CT molecular complexity index is 121. The second kappa shape index (κ2) is 7.20. The summed E-state index contributed by atoms with van der Waals surface area (Å²) in [6, 6.07) is 0. The minimum absolute atomic E-state index is 0.292. The van der Waals surface area contributed by atoms with Gasteiger partial charge in [-0.2, -0.15) is 0 Å². The van der Waals surface area contributed by atoms with Crippen LogP contribution in [0.15, 0.2) is 0 Å². The molecule has 0 aliphatic heterocycles. The zero-order valence-corrected chi connectivity index (χ0v) is 12.5. The molecule has 0 amide bonds. The molecule has 0 aromatic rings. The minimum atomic E-state index is -1.45. The molecule has 0 aromatic carbocycles. The van der Waals surface area contributed by atoms with E-state index in [9.17, 15) is 0 Å². The molecule has 0 bridgehead atoms. The Morgan fingerprint density at radius 3 is 1.62 bits per heavy atom. The third-order valence-electron chi connectivity index (χ3n) is 1.52. The van der Waals surface area contributed by atoms with E-state index in [-0.39, 0.29) is 0 Å². The zero-order chi connectivity index (χ0) is 10.4. The van der Waals surface area contributed by atoms with Crippen molar-refractivity contribution in [2.75, 3.05) is 4.43 Å². The average molecular weight is 316 g/mol. The smallest absolute Gasteiger partial charge is 0.325 e. The molecular formula is C9H21IO2Si. The molecule has 0 rings (SSSR count). The summed E-state index contributed by atoms with van der Waals surface area (Å²) >= 11 is 2.40. The molecule has 4 heteroatoms. The van der Waals surface area contributed by atoms with Gasteiger partial charge in [0, 0.05) is 22.2 Å². The lowest BCUT2D eigenvalue weighted by molar-refractivity contribution is 0.125. The molecule has 0 aromatic heterocycles. The van der Waals surface area contributed by atoms with E-state index in [4.69, 9.17) is 8.85 Å². The summed E-state index contributed by atoms with van der Waals surface area (Å²) in [4.78, 5) is 0. The molecule has 0 saturated heterocycles. The molecule has 0 aliphatic carbocycles. The van der Waals surface area contributed by atoms with Crippen LogP contribution in [0.25, 0.3) is 0 Å². The predicted molar refractivity (Wildman–Crippen MR) is 67.9 cm³/mol. The van der Waals surface area contributed by atoms with Gasteiger partial charge < -0.3 is 8.85 Å². The molecular weight excluding hydrogens is 295 g/mol. The molecule has 0 fully saturated rings. The number of alkyl halides is 1. The highest BCUT2D eigenvalue weighted by Crippen LogP contribution is 2.17. The number of rotatable bonds is 6. The lowest BCUT2D eigenvalue weighted by Crippen LogP contribution is -2.33. The summed E-state index contributed by atoms with van der Waals surface area (Å²) in [6.07, 6.45) is 0.585. The van der Waals surface area contributed by atoms with E-state index in [1.807, 2.05) is 0 Å². The second-order valence-corrected chi connectivity index (χ2v) is 7.17. The van der Waals surface area contributed by atoms with Crippen molar-refractivity contribution in [1.82, 2.24) is 0 Å². The highest BCUT2D eigenvalue weighted by atomic mass is 127. The molecule has 0 aliphatic rings. The Morgan fingerprint density at radius 2 is 1.38 bits per heavy atom. The van der Waals surface area contributed by atoms with Gasteiger partial charge in [-0.05, 0) is 27.7 Å². The molecule has 0 spiro atoms. The van der Waals surface area contributed by atoms with Crippen LogP contribution in [-0.4, -0.2) is 25.9 Å². The van der Waals surface area contributed by atoms with Gasteiger partial charge in [0.2, 0.25) is 0 Å². The third kappa shape index (κ3) is 6.87. The van der Waals surface area contributed by atoms with Crippen molar-refractivity contribution in [1.29, 1.82) is 0 Å². The van der Waals surface area contributed by atoms with E-state index in [2.05, 4.69) is 57.2 Å². The summed E-state index contributed by atoms with van der Waals surface area (Å²) in [5.41, 5.74) is 0.588. The van der Waals surface area contributed by atoms with Crippen molar-refractivity contribution < 1.29 is 8.85 Å². The molecule has 0 saturated carbocycles. The average Bonchev–Trinajstić information content (AvgIpc) is 2.00. The normalized spacial score (nSPS) is 14.5. The maximum atomic E-state index is 5.83. The van der Waals surface area contributed by atoms with E-state index in [1.54, 1.807) is 0 Å². The van der Waals surface area contributed by atoms with Gasteiger partial charge in [0.15, 0.2) is 0 Å². The third-order valence-corrected chi connectivity index (χ3v) is 6.66. The lowest BCUT2D eigenvalue weighted by atomic mass is 10.5. The van der Waals surface area contributed by atoms with Crippen molar-refractivity contribution in [3.05, 3.63) is 0 Å². The van der Waals surface area contributed by atoms with E-state index in [0.29, 0.717) is 17.7 Å². The topological polar surface area (TPSA) is 18.5 Å². The van der Waals surface area contributed by atoms with Crippen molar-refractivity contribution in [3.8, 4) is 0 Å². The Balaban J connectivity index is 4.02. The van der Waals surface area contributed by atoms with Gasteiger partial charge in [-0.15, -0.1) is 0 Å². The first-order valence-electron chi connectivity index (χ1n) is 4.84. The highest BCUT2D eigenvalue weighted by Gasteiger charge is 2.23. The molecule has 0 N–H and O–H groups in total. The molecule has 2 nitrogen and oxygen atoms in total. The van der Waals surface area contributed by atoms with Crippen LogP contribution in [-0.2, 0) is 8.85 Å². The van der Waals surface area contributed by atoms with Gasteiger partial charge in [-0.1, -0.05) is 29.5 Å². The Labute approximate surface area is 97.4 Å². The first-order chi connectivity index (χ1) is 5.97. The van der Waals surface area contributed by atoms with E-state index in [1.165, 1.54) is 0 Å². The maximum Gasteiger partial charge on any atom is 0.325 e. The summed E-state index contributed by atoms with van der Waals surface area (Å²) in [5, 5.41) is 0. The Kier molecular flexibility index (Phi) is 7.68. The van der Waals surface area contributed by atoms with Gasteiger partial charge in [0.25, 0.3) is 0 Å². The summed E-state index contributed by atoms with van der Waals surface area (Å²) < 4.78 is 12.8. The van der Waals surface area contributed by atoms with Crippen LogP contribution in [0.4, 0.5) is 0 Å². The number of hydrogen-bond donors (Lipinski definition) is 0. The van der Waals surface area contributed by atoms with E-state index < -0.39 is 9.28 Å². The van der Waals surface area contributed by atoms with Gasteiger partial charge in [-0.25, -0.2) is 0 Å². The van der Waals surface area contributed by atoms with Crippen LogP contribution in [0.2, 0.25) is 5.54 Å². The molecule has 0 heterocycles. The number of halogens is 1. The second-order valence-electron chi connectivity index (χ2n) is 3.87. The summed E-state index contributed by atoms with van der Waals surface area (Å²) in [7, 11) is -1.45. The zero-order valence-electron chi connectivity index (χ0n) is 9.21. The minimum Gasteiger partial charge on any atom is -0.394 e. The monoisotopic (exact) mass is 316 g/mol. The fraction of sp³-hybridized carbons (Fsp3) is 1.00. The predicted octanol–water partition coefficient (Wildman–Crippen LogP) is 2.88. The van der Waals surface area contributed by atoms with Crippen molar-refractivity contribution in [2.45, 2.75) is 52.4 Å². The first-order valence-corrected chi connectivity index (χ1v) is 7.97. The van der Waals surface area contributed by atoms with Crippen LogP contribution in [0.5, 0.6) is 0 Å². The first kappa shape index (κ1) is 13.9. The Morgan fingerprint density at radius 1 is 1.00 bits per heavy atom. The number of hydrogen-bond acceptors (Lipinski definition) is 2. The Hall–Kier alpha value is 0.867. The van der Waals surface area contributed by atoms with Crippen LogP contribution < -0.4 is 0 Å². The van der Waals surface area contributed by atoms with Gasteiger partial charge in [0.05, 0.1) is 0 Å². The van der Waals surface area contributed by atoms with Gasteiger partial charge in [-0.3, -0.25) is 0 Å². The largest absolute Gasteiger partial charge is 0.394 e.